The standard InChI is InChI=1S/C16H17FO2/c1-3-12-5-4-6-14(9-12)19-16-8-7-13(11(2)18)10-15(16)17/h4-11,18H,3H2,1-2H3/t11-/m0/s1. The molecular formula is C16H17FO2. The van der Waals surface area contributed by atoms with Crippen LogP contribution >= 0.6 is 0 Å². The Balaban J connectivity index is 2.23. The predicted octanol–water partition coefficient (Wildman–Crippen LogP) is 4.23. The molecule has 0 radical (unpaired) electrons. The minimum atomic E-state index is -0.688. The second-order valence-corrected chi connectivity index (χ2v) is 4.47. The van der Waals surface area contributed by atoms with Crippen molar-refractivity contribution in [2.75, 3.05) is 0 Å². The second kappa shape index (κ2) is 5.85. The van der Waals surface area contributed by atoms with Gasteiger partial charge in [0.05, 0.1) is 6.10 Å². The van der Waals surface area contributed by atoms with Crippen molar-refractivity contribution in [2.45, 2.75) is 26.4 Å². The van der Waals surface area contributed by atoms with Crippen LogP contribution in [0.15, 0.2) is 42.5 Å². The minimum Gasteiger partial charge on any atom is -0.454 e. The summed E-state index contributed by atoms with van der Waals surface area (Å²) in [7, 11) is 0. The third kappa shape index (κ3) is 3.32. The van der Waals surface area contributed by atoms with Gasteiger partial charge < -0.3 is 9.84 Å². The zero-order valence-electron chi connectivity index (χ0n) is 11.1. The molecule has 0 fully saturated rings. The van der Waals surface area contributed by atoms with Crippen LogP contribution in [0.1, 0.15) is 31.1 Å². The van der Waals surface area contributed by atoms with Crippen molar-refractivity contribution in [2.24, 2.45) is 0 Å². The van der Waals surface area contributed by atoms with Gasteiger partial charge in [-0.2, -0.15) is 0 Å². The van der Waals surface area contributed by atoms with Gasteiger partial charge in [-0.15, -0.1) is 0 Å². The van der Waals surface area contributed by atoms with Crippen molar-refractivity contribution in [3.63, 3.8) is 0 Å². The molecular weight excluding hydrogens is 243 g/mol. The highest BCUT2D eigenvalue weighted by Crippen LogP contribution is 2.27. The van der Waals surface area contributed by atoms with E-state index in [4.69, 9.17) is 4.74 Å². The largest absolute Gasteiger partial charge is 0.454 e. The third-order valence-corrected chi connectivity index (χ3v) is 2.97. The first-order valence-electron chi connectivity index (χ1n) is 6.34. The Hall–Kier alpha value is -1.87. The van der Waals surface area contributed by atoms with Gasteiger partial charge in [0.15, 0.2) is 11.6 Å². The number of aliphatic hydroxyl groups excluding tert-OH is 1. The molecule has 0 spiro atoms. The van der Waals surface area contributed by atoms with Crippen LogP contribution in [0.5, 0.6) is 11.5 Å². The number of rotatable bonds is 4. The molecule has 2 aromatic rings. The Kier molecular flexibility index (Phi) is 4.17. The van der Waals surface area contributed by atoms with Crippen LogP contribution in [0.25, 0.3) is 0 Å². The van der Waals surface area contributed by atoms with E-state index in [1.54, 1.807) is 19.1 Å². The predicted molar refractivity (Wildman–Crippen MR) is 72.9 cm³/mol. The first-order chi connectivity index (χ1) is 9.10. The smallest absolute Gasteiger partial charge is 0.166 e. The number of benzene rings is 2. The lowest BCUT2D eigenvalue weighted by Crippen LogP contribution is -1.94. The maximum Gasteiger partial charge on any atom is 0.166 e. The molecule has 0 unspecified atom stereocenters. The summed E-state index contributed by atoms with van der Waals surface area (Å²) >= 11 is 0. The number of aryl methyl sites for hydroxylation is 1. The van der Waals surface area contributed by atoms with E-state index in [9.17, 15) is 9.50 Å². The summed E-state index contributed by atoms with van der Waals surface area (Å²) in [5.74, 6) is 0.306. The summed E-state index contributed by atoms with van der Waals surface area (Å²) in [4.78, 5) is 0. The lowest BCUT2D eigenvalue weighted by Gasteiger charge is -2.10. The van der Waals surface area contributed by atoms with Crippen LogP contribution in [0.2, 0.25) is 0 Å². The highest BCUT2D eigenvalue weighted by Gasteiger charge is 2.09. The molecule has 100 valence electrons. The van der Waals surface area contributed by atoms with Crippen molar-refractivity contribution < 1.29 is 14.2 Å². The molecule has 0 aliphatic heterocycles. The highest BCUT2D eigenvalue weighted by molar-refractivity contribution is 5.36. The maximum absolute atomic E-state index is 13.8. The van der Waals surface area contributed by atoms with Crippen LogP contribution in [-0.4, -0.2) is 5.11 Å². The summed E-state index contributed by atoms with van der Waals surface area (Å²) in [6, 6.07) is 12.1. The first-order valence-corrected chi connectivity index (χ1v) is 6.34. The lowest BCUT2D eigenvalue weighted by atomic mass is 10.1. The van der Waals surface area contributed by atoms with Gasteiger partial charge in [0.1, 0.15) is 5.75 Å². The summed E-state index contributed by atoms with van der Waals surface area (Å²) in [6.07, 6.45) is 0.215. The van der Waals surface area contributed by atoms with Gasteiger partial charge in [0.25, 0.3) is 0 Å². The van der Waals surface area contributed by atoms with Gasteiger partial charge in [0.2, 0.25) is 0 Å². The molecule has 0 heterocycles. The van der Waals surface area contributed by atoms with Crippen molar-refractivity contribution in [3.05, 3.63) is 59.4 Å². The van der Waals surface area contributed by atoms with Crippen LogP contribution in [0.4, 0.5) is 4.39 Å². The fourth-order valence-electron chi connectivity index (χ4n) is 1.82. The molecule has 0 aliphatic rings. The Labute approximate surface area is 112 Å². The normalized spacial score (nSPS) is 12.2. The summed E-state index contributed by atoms with van der Waals surface area (Å²) in [5.41, 5.74) is 1.67. The maximum atomic E-state index is 13.8. The Morgan fingerprint density at radius 1 is 1.21 bits per heavy atom. The van der Waals surface area contributed by atoms with Gasteiger partial charge in [-0.25, -0.2) is 4.39 Å². The molecule has 0 amide bonds. The SMILES string of the molecule is CCc1cccc(Oc2ccc([C@H](C)O)cc2F)c1. The van der Waals surface area contributed by atoms with Crippen molar-refractivity contribution in [3.8, 4) is 11.5 Å². The Morgan fingerprint density at radius 3 is 2.63 bits per heavy atom. The van der Waals surface area contributed by atoms with Gasteiger partial charge >= 0.3 is 0 Å². The van der Waals surface area contributed by atoms with Crippen molar-refractivity contribution in [1.29, 1.82) is 0 Å². The van der Waals surface area contributed by atoms with E-state index in [1.807, 2.05) is 18.2 Å². The molecule has 1 N–H and O–H groups in total. The van der Waals surface area contributed by atoms with E-state index in [-0.39, 0.29) is 5.75 Å². The van der Waals surface area contributed by atoms with E-state index in [1.165, 1.54) is 12.1 Å². The Bertz CT molecular complexity index is 564. The van der Waals surface area contributed by atoms with E-state index >= 15 is 0 Å². The minimum absolute atomic E-state index is 0.164. The fraction of sp³-hybridized carbons (Fsp3) is 0.250. The van der Waals surface area contributed by atoms with E-state index in [2.05, 4.69) is 6.92 Å². The van der Waals surface area contributed by atoms with Crippen LogP contribution in [-0.2, 0) is 6.42 Å². The summed E-state index contributed by atoms with van der Waals surface area (Å²) in [6.45, 7) is 3.65. The average molecular weight is 260 g/mol. The van der Waals surface area contributed by atoms with Gasteiger partial charge in [-0.05, 0) is 48.7 Å². The zero-order valence-corrected chi connectivity index (χ0v) is 11.1. The molecule has 2 nitrogen and oxygen atoms in total. The van der Waals surface area contributed by atoms with Gasteiger partial charge in [-0.3, -0.25) is 0 Å². The summed E-state index contributed by atoms with van der Waals surface area (Å²) in [5, 5.41) is 9.39. The Morgan fingerprint density at radius 2 is 2.00 bits per heavy atom. The van der Waals surface area contributed by atoms with Crippen LogP contribution in [0.3, 0.4) is 0 Å². The quantitative estimate of drug-likeness (QED) is 0.891. The highest BCUT2D eigenvalue weighted by atomic mass is 19.1. The number of aliphatic hydroxyl groups is 1. The number of hydrogen-bond acceptors (Lipinski definition) is 2. The molecule has 0 aliphatic carbocycles. The average Bonchev–Trinajstić information content (AvgIpc) is 2.41. The molecule has 0 bridgehead atoms. The zero-order chi connectivity index (χ0) is 13.8. The molecule has 1 atom stereocenters. The molecule has 19 heavy (non-hydrogen) atoms. The molecule has 0 saturated carbocycles. The number of halogens is 1. The summed E-state index contributed by atoms with van der Waals surface area (Å²) < 4.78 is 19.4. The second-order valence-electron chi connectivity index (χ2n) is 4.47. The van der Waals surface area contributed by atoms with Crippen LogP contribution in [0, 0.1) is 5.82 Å². The molecule has 2 aromatic carbocycles. The third-order valence-electron chi connectivity index (χ3n) is 2.97. The van der Waals surface area contributed by atoms with Crippen LogP contribution < -0.4 is 4.74 Å². The monoisotopic (exact) mass is 260 g/mol. The lowest BCUT2D eigenvalue weighted by molar-refractivity contribution is 0.198. The van der Waals surface area contributed by atoms with Crippen molar-refractivity contribution in [1.82, 2.24) is 0 Å². The molecule has 3 heteroatoms. The van der Waals surface area contributed by atoms with E-state index in [0.717, 1.165) is 12.0 Å². The van der Waals surface area contributed by atoms with E-state index < -0.39 is 11.9 Å². The fourth-order valence-corrected chi connectivity index (χ4v) is 1.82. The molecule has 2 rings (SSSR count). The molecule has 0 aromatic heterocycles. The number of hydrogen-bond donors (Lipinski definition) is 1. The van der Waals surface area contributed by atoms with Crippen molar-refractivity contribution >= 4 is 0 Å². The topological polar surface area (TPSA) is 29.5 Å². The van der Waals surface area contributed by atoms with Gasteiger partial charge in [-0.1, -0.05) is 25.1 Å². The van der Waals surface area contributed by atoms with E-state index in [0.29, 0.717) is 11.3 Å². The number of ether oxygens (including phenoxy) is 1. The van der Waals surface area contributed by atoms with Gasteiger partial charge in [0, 0.05) is 0 Å². The first kappa shape index (κ1) is 13.6. The molecule has 0 saturated heterocycles.